The van der Waals surface area contributed by atoms with Crippen LogP contribution in [0.4, 0.5) is 0 Å². The summed E-state index contributed by atoms with van der Waals surface area (Å²) in [6.45, 7) is 4.90. The second-order valence-corrected chi connectivity index (χ2v) is 6.07. The summed E-state index contributed by atoms with van der Waals surface area (Å²) in [4.78, 5) is 4.55. The SMILES string of the molecule is COc1ccc(C)cc1-n1ccnc1-c1cc2n(n1)CCCNC2.Cl. The van der Waals surface area contributed by atoms with Gasteiger partial charge in [0.1, 0.15) is 11.4 Å². The lowest BCUT2D eigenvalue weighted by Gasteiger charge is -2.12. The zero-order valence-corrected chi connectivity index (χ0v) is 15.2. The van der Waals surface area contributed by atoms with Crippen molar-refractivity contribution in [2.24, 2.45) is 0 Å². The van der Waals surface area contributed by atoms with E-state index in [1.54, 1.807) is 13.3 Å². The van der Waals surface area contributed by atoms with Gasteiger partial charge in [0, 0.05) is 25.5 Å². The quantitative estimate of drug-likeness (QED) is 0.781. The van der Waals surface area contributed by atoms with Crippen LogP contribution in [0.2, 0.25) is 0 Å². The normalized spacial score (nSPS) is 13.7. The minimum atomic E-state index is 0. The van der Waals surface area contributed by atoms with Gasteiger partial charge in [0.15, 0.2) is 5.82 Å². The van der Waals surface area contributed by atoms with E-state index in [0.29, 0.717) is 0 Å². The largest absolute Gasteiger partial charge is 0.495 e. The van der Waals surface area contributed by atoms with E-state index in [9.17, 15) is 0 Å². The zero-order valence-electron chi connectivity index (χ0n) is 14.4. The highest BCUT2D eigenvalue weighted by molar-refractivity contribution is 5.85. The van der Waals surface area contributed by atoms with E-state index >= 15 is 0 Å². The Kier molecular flexibility index (Phi) is 5.11. The van der Waals surface area contributed by atoms with E-state index in [2.05, 4.69) is 34.0 Å². The van der Waals surface area contributed by atoms with Crippen LogP contribution in [0.5, 0.6) is 5.75 Å². The van der Waals surface area contributed by atoms with Crippen molar-refractivity contribution in [1.82, 2.24) is 24.6 Å². The molecule has 6 nitrogen and oxygen atoms in total. The molecule has 1 aliphatic heterocycles. The summed E-state index contributed by atoms with van der Waals surface area (Å²) in [7, 11) is 1.69. The highest BCUT2D eigenvalue weighted by atomic mass is 35.5. The molecular weight excluding hydrogens is 338 g/mol. The fourth-order valence-corrected chi connectivity index (χ4v) is 3.15. The summed E-state index contributed by atoms with van der Waals surface area (Å²) in [6.07, 6.45) is 4.85. The van der Waals surface area contributed by atoms with Crippen LogP contribution >= 0.6 is 12.4 Å². The lowest BCUT2D eigenvalue weighted by Crippen LogP contribution is -2.11. The van der Waals surface area contributed by atoms with Crippen molar-refractivity contribution in [3.63, 3.8) is 0 Å². The number of hydrogen-bond donors (Lipinski definition) is 1. The van der Waals surface area contributed by atoms with Crippen LogP contribution in [0.25, 0.3) is 17.2 Å². The van der Waals surface area contributed by atoms with E-state index in [-0.39, 0.29) is 12.4 Å². The van der Waals surface area contributed by atoms with Crippen molar-refractivity contribution in [1.29, 1.82) is 0 Å². The molecule has 132 valence electrons. The first-order valence-corrected chi connectivity index (χ1v) is 8.22. The number of imidazole rings is 1. The molecule has 7 heteroatoms. The molecule has 25 heavy (non-hydrogen) atoms. The van der Waals surface area contributed by atoms with Crippen LogP contribution in [0.3, 0.4) is 0 Å². The van der Waals surface area contributed by atoms with Crippen molar-refractivity contribution in [3.05, 3.63) is 47.9 Å². The monoisotopic (exact) mass is 359 g/mol. The summed E-state index contributed by atoms with van der Waals surface area (Å²) < 4.78 is 9.66. The topological polar surface area (TPSA) is 56.9 Å². The molecule has 3 aromatic rings. The molecule has 0 amide bonds. The van der Waals surface area contributed by atoms with Crippen LogP contribution in [-0.4, -0.2) is 33.0 Å². The molecule has 0 spiro atoms. The lowest BCUT2D eigenvalue weighted by atomic mass is 10.2. The van der Waals surface area contributed by atoms with Gasteiger partial charge in [-0.25, -0.2) is 4.98 Å². The number of benzene rings is 1. The molecule has 1 aliphatic rings. The standard InChI is InChI=1S/C18H21N5O.ClH/c1-13-4-5-17(24-2)16(10-13)22-9-7-20-18(22)15-11-14-12-19-6-3-8-23(14)21-15;/h4-5,7,9-11,19H,3,6,8,12H2,1-2H3;1H. The molecule has 0 unspecified atom stereocenters. The average Bonchev–Trinajstić information content (AvgIpc) is 3.17. The van der Waals surface area contributed by atoms with E-state index < -0.39 is 0 Å². The first kappa shape index (κ1) is 17.5. The third-order valence-electron chi connectivity index (χ3n) is 4.36. The van der Waals surface area contributed by atoms with Gasteiger partial charge in [0.25, 0.3) is 0 Å². The second-order valence-electron chi connectivity index (χ2n) is 6.07. The van der Waals surface area contributed by atoms with Crippen LogP contribution in [0.1, 0.15) is 17.7 Å². The first-order valence-electron chi connectivity index (χ1n) is 8.22. The maximum atomic E-state index is 5.53. The highest BCUT2D eigenvalue weighted by Crippen LogP contribution is 2.28. The Hall–Kier alpha value is -2.31. The van der Waals surface area contributed by atoms with Gasteiger partial charge < -0.3 is 10.1 Å². The Bertz CT molecular complexity index is 847. The molecule has 1 aromatic carbocycles. The molecule has 0 bridgehead atoms. The molecule has 0 atom stereocenters. The second kappa shape index (κ2) is 7.29. The number of ether oxygens (including phenoxy) is 1. The van der Waals surface area contributed by atoms with Crippen molar-refractivity contribution < 1.29 is 4.74 Å². The number of halogens is 1. The zero-order chi connectivity index (χ0) is 16.5. The fourth-order valence-electron chi connectivity index (χ4n) is 3.15. The van der Waals surface area contributed by atoms with Gasteiger partial charge in [-0.1, -0.05) is 6.07 Å². The minimum absolute atomic E-state index is 0. The molecule has 0 aliphatic carbocycles. The molecule has 0 radical (unpaired) electrons. The van der Waals surface area contributed by atoms with Crippen molar-refractivity contribution in [2.75, 3.05) is 13.7 Å². The molecular formula is C18H22ClN5O. The van der Waals surface area contributed by atoms with Crippen molar-refractivity contribution in [3.8, 4) is 23.0 Å². The molecule has 3 heterocycles. The first-order chi connectivity index (χ1) is 11.8. The summed E-state index contributed by atoms with van der Waals surface area (Å²) in [5, 5.41) is 8.20. The number of methoxy groups -OCH3 is 1. The third kappa shape index (κ3) is 3.27. The maximum absolute atomic E-state index is 5.53. The average molecular weight is 360 g/mol. The molecule has 4 rings (SSSR count). The van der Waals surface area contributed by atoms with Crippen LogP contribution in [-0.2, 0) is 13.1 Å². The minimum Gasteiger partial charge on any atom is -0.495 e. The Morgan fingerprint density at radius 3 is 2.96 bits per heavy atom. The van der Waals surface area contributed by atoms with Gasteiger partial charge in [-0.05, 0) is 43.7 Å². The Morgan fingerprint density at radius 1 is 1.24 bits per heavy atom. The van der Waals surface area contributed by atoms with E-state index in [1.807, 2.05) is 22.9 Å². The number of rotatable bonds is 3. The van der Waals surface area contributed by atoms with Gasteiger partial charge in [0.05, 0.1) is 18.5 Å². The van der Waals surface area contributed by atoms with Gasteiger partial charge in [-0.2, -0.15) is 5.10 Å². The van der Waals surface area contributed by atoms with E-state index in [0.717, 1.165) is 49.0 Å². The maximum Gasteiger partial charge on any atom is 0.165 e. The number of fused-ring (bicyclic) bond motifs is 1. The molecule has 2 aromatic heterocycles. The molecule has 0 saturated carbocycles. The predicted octanol–water partition coefficient (Wildman–Crippen LogP) is 2.97. The van der Waals surface area contributed by atoms with Crippen molar-refractivity contribution in [2.45, 2.75) is 26.4 Å². The summed E-state index contributed by atoms with van der Waals surface area (Å²) >= 11 is 0. The van der Waals surface area contributed by atoms with E-state index in [4.69, 9.17) is 9.84 Å². The number of hydrogen-bond acceptors (Lipinski definition) is 4. The van der Waals surface area contributed by atoms with Crippen LogP contribution in [0.15, 0.2) is 36.7 Å². The molecule has 0 saturated heterocycles. The summed E-state index contributed by atoms with van der Waals surface area (Å²) in [5.74, 6) is 1.65. The highest BCUT2D eigenvalue weighted by Gasteiger charge is 2.17. The Balaban J connectivity index is 0.00000182. The fraction of sp³-hybridized carbons (Fsp3) is 0.333. The van der Waals surface area contributed by atoms with Crippen LogP contribution in [0, 0.1) is 6.92 Å². The lowest BCUT2D eigenvalue weighted by molar-refractivity contribution is 0.413. The summed E-state index contributed by atoms with van der Waals surface area (Å²) in [6, 6.07) is 8.26. The Morgan fingerprint density at radius 2 is 2.12 bits per heavy atom. The number of nitrogens with one attached hydrogen (secondary N) is 1. The van der Waals surface area contributed by atoms with Gasteiger partial charge in [-0.3, -0.25) is 9.25 Å². The predicted molar refractivity (Wildman–Crippen MR) is 99.6 cm³/mol. The van der Waals surface area contributed by atoms with Crippen molar-refractivity contribution >= 4 is 12.4 Å². The van der Waals surface area contributed by atoms with Gasteiger partial charge >= 0.3 is 0 Å². The smallest absolute Gasteiger partial charge is 0.165 e. The molecule has 0 fully saturated rings. The number of aromatic nitrogens is 4. The summed E-state index contributed by atoms with van der Waals surface area (Å²) in [5.41, 5.74) is 4.25. The number of aryl methyl sites for hydroxylation is 2. The number of nitrogens with zero attached hydrogens (tertiary/aromatic N) is 4. The third-order valence-corrected chi connectivity index (χ3v) is 4.36. The van der Waals surface area contributed by atoms with E-state index in [1.165, 1.54) is 11.3 Å². The van der Waals surface area contributed by atoms with Gasteiger partial charge in [0.2, 0.25) is 0 Å². The van der Waals surface area contributed by atoms with Gasteiger partial charge in [-0.15, -0.1) is 12.4 Å². The van der Waals surface area contributed by atoms with Crippen LogP contribution < -0.4 is 10.1 Å². The Labute approximate surface area is 153 Å². The molecule has 1 N–H and O–H groups in total.